The molecular weight excluding hydrogens is 1000 g/mol. The predicted molar refractivity (Wildman–Crippen MR) is 275 cm³/mol. The van der Waals surface area contributed by atoms with Gasteiger partial charge in [-0.25, -0.2) is 4.98 Å². The molecule has 0 aliphatic carbocycles. The van der Waals surface area contributed by atoms with Crippen LogP contribution in [0.15, 0.2) is 182 Å². The Morgan fingerprint density at radius 1 is 0.627 bits per heavy atom. The zero-order valence-corrected chi connectivity index (χ0v) is 40.1. The summed E-state index contributed by atoms with van der Waals surface area (Å²) in [5.74, 6) is 1.03. The van der Waals surface area contributed by atoms with E-state index in [1.165, 1.54) is 0 Å². The van der Waals surface area contributed by atoms with Gasteiger partial charge in [-0.2, -0.15) is 12.1 Å². The van der Waals surface area contributed by atoms with Gasteiger partial charge in [0.05, 0.1) is 1.37 Å². The number of benzene rings is 8. The van der Waals surface area contributed by atoms with Gasteiger partial charge in [0, 0.05) is 51.3 Å². The van der Waals surface area contributed by atoms with E-state index in [-0.39, 0.29) is 26.5 Å². The van der Waals surface area contributed by atoms with E-state index in [4.69, 9.17) is 12.5 Å². The number of aromatic nitrogens is 3. The molecular formula is C61H47N4OPt-3. The monoisotopic (exact) mass is 1050 g/mol. The van der Waals surface area contributed by atoms with E-state index in [2.05, 4.69) is 169 Å². The maximum Gasteiger partial charge on any atom is 0.135 e. The first kappa shape index (κ1) is 40.0. The molecule has 0 N–H and O–H groups in total. The van der Waals surface area contributed by atoms with Crippen molar-refractivity contribution in [3.05, 3.63) is 212 Å². The molecule has 0 atom stereocenters. The van der Waals surface area contributed by atoms with Crippen molar-refractivity contribution >= 4 is 76.5 Å². The third kappa shape index (κ3) is 7.12. The van der Waals surface area contributed by atoms with Gasteiger partial charge in [-0.15, -0.1) is 35.7 Å². The van der Waals surface area contributed by atoms with Gasteiger partial charge < -0.3 is 18.8 Å². The minimum Gasteiger partial charge on any atom is -0.509 e. The van der Waals surface area contributed by atoms with Crippen molar-refractivity contribution in [3.8, 4) is 28.4 Å². The number of hydrogen-bond acceptors (Lipinski definition) is 3. The summed E-state index contributed by atoms with van der Waals surface area (Å²) in [4.78, 5) is 7.00. The summed E-state index contributed by atoms with van der Waals surface area (Å²) in [6.07, 6.45) is 1.78. The average molecular weight is 1050 g/mol. The second kappa shape index (κ2) is 16.5. The van der Waals surface area contributed by atoms with Gasteiger partial charge >= 0.3 is 0 Å². The molecule has 67 heavy (non-hydrogen) atoms. The molecule has 8 aromatic carbocycles. The molecule has 1 aliphatic rings. The minimum atomic E-state index is -0.789. The molecule has 11 aromatic rings. The van der Waals surface area contributed by atoms with Gasteiger partial charge in [0.15, 0.2) is 0 Å². The molecule has 12 rings (SSSR count). The number of para-hydroxylation sites is 3. The van der Waals surface area contributed by atoms with Crippen LogP contribution in [0.5, 0.6) is 11.5 Å². The summed E-state index contributed by atoms with van der Waals surface area (Å²) in [6, 6.07) is 66.8. The maximum absolute atomic E-state index is 9.02. The average Bonchev–Trinajstić information content (AvgIpc) is 3.90. The van der Waals surface area contributed by atoms with Crippen LogP contribution < -0.4 is 9.64 Å². The molecule has 0 unspecified atom stereocenters. The van der Waals surface area contributed by atoms with Gasteiger partial charge in [0.1, 0.15) is 5.82 Å². The van der Waals surface area contributed by atoms with E-state index in [0.717, 1.165) is 105 Å². The summed E-state index contributed by atoms with van der Waals surface area (Å²) in [5.41, 5.74) is 9.62. The number of anilines is 2. The summed E-state index contributed by atoms with van der Waals surface area (Å²) >= 11 is 0. The molecule has 0 saturated heterocycles. The van der Waals surface area contributed by atoms with Crippen molar-refractivity contribution in [2.24, 2.45) is 0 Å². The Labute approximate surface area is 408 Å². The normalized spacial score (nSPS) is 12.9. The second-order valence-electron chi connectivity index (χ2n) is 18.4. The molecule has 0 spiro atoms. The molecule has 3 aromatic heterocycles. The first-order chi connectivity index (χ1) is 32.9. The third-order valence-corrected chi connectivity index (χ3v) is 13.1. The van der Waals surface area contributed by atoms with Gasteiger partial charge in [0.25, 0.3) is 0 Å². The first-order valence-electron chi connectivity index (χ1n) is 23.5. The molecule has 0 saturated carbocycles. The van der Waals surface area contributed by atoms with Gasteiger partial charge in [-0.3, -0.25) is 0 Å². The smallest absolute Gasteiger partial charge is 0.135 e. The first-order valence-corrected chi connectivity index (χ1v) is 22.5. The van der Waals surface area contributed by atoms with E-state index in [1.54, 1.807) is 6.20 Å². The Hall–Kier alpha value is -7.33. The van der Waals surface area contributed by atoms with E-state index < -0.39 is 5.89 Å². The molecule has 5 nitrogen and oxygen atoms in total. The summed E-state index contributed by atoms with van der Waals surface area (Å²) < 4.78 is 28.9. The maximum atomic E-state index is 9.02. The molecule has 0 radical (unpaired) electrons. The number of pyridine rings is 1. The van der Waals surface area contributed by atoms with E-state index in [1.807, 2.05) is 68.4 Å². The molecule has 0 amide bonds. The van der Waals surface area contributed by atoms with Gasteiger partial charge in [-0.05, 0) is 113 Å². The number of nitrogens with zero attached hydrogens (tertiary/aromatic N) is 4. The van der Waals surface area contributed by atoms with Crippen molar-refractivity contribution in [3.63, 3.8) is 0 Å². The number of fused-ring (bicyclic) bond motifs is 10. The Bertz CT molecular complexity index is 3930. The Balaban J connectivity index is 0.00000520. The van der Waals surface area contributed by atoms with Crippen LogP contribution in [0.3, 0.4) is 0 Å². The van der Waals surface area contributed by atoms with Crippen LogP contribution in [0.4, 0.5) is 11.4 Å². The Kier molecular flexibility index (Phi) is 9.86. The summed E-state index contributed by atoms with van der Waals surface area (Å²) in [7, 11) is 0. The molecule has 0 fully saturated rings. The largest absolute Gasteiger partial charge is 0.509 e. The standard InChI is InChI=1S/C61H47N4O.Pt/c1-39(2)40-32-33-62-58(35-40)65-55-28-11-10-24-51(55)52-31-30-45(37-57(52)65)66-44-19-13-18-43(36-44)63-38-64-59-46(41-16-12-17-42(34-41)61(3,4)5)25-14-26-53(59)49-22-8-6-20-47(49)48-21-7-9-23-50(48)54-27-15-29-56(63)60(54)64;/h6-35,38-39H,1-5H3;/q-3;/i12D,39D;. The second-order valence-corrected chi connectivity index (χ2v) is 18.4. The Morgan fingerprint density at radius 3 is 2.00 bits per heavy atom. The Morgan fingerprint density at radius 2 is 1.27 bits per heavy atom. The van der Waals surface area contributed by atoms with Crippen molar-refractivity contribution < 1.29 is 28.5 Å². The summed E-state index contributed by atoms with van der Waals surface area (Å²) in [5, 5.41) is 8.92. The van der Waals surface area contributed by atoms with Crippen LogP contribution in [0, 0.1) is 18.8 Å². The quantitative estimate of drug-likeness (QED) is 0.156. The van der Waals surface area contributed by atoms with Crippen molar-refractivity contribution in [2.45, 2.75) is 45.9 Å². The van der Waals surface area contributed by atoms with E-state index in [9.17, 15) is 0 Å². The van der Waals surface area contributed by atoms with Crippen LogP contribution in [0.2, 0.25) is 0 Å². The van der Waals surface area contributed by atoms with Gasteiger partial charge in [0.2, 0.25) is 0 Å². The van der Waals surface area contributed by atoms with Crippen molar-refractivity contribution in [1.29, 1.82) is 0 Å². The fourth-order valence-electron chi connectivity index (χ4n) is 9.79. The predicted octanol–water partition coefficient (Wildman–Crippen LogP) is 16.3. The number of ether oxygens (including phenoxy) is 1. The molecule has 6 heteroatoms. The SMILES string of the molecule is [2H]c1cc(-c2cccc3c4ccccc4c4ccccc4c4cccc5c4n(c23)[CH-]N5c2[c-]c(Oc3[c-]c4c(cc3)c3ccccc3n4-c3cc(C([2H])(C)C)ccn3)ccc2)cc(C(C)(C)C)c1.[Pt]. The molecule has 330 valence electrons. The van der Waals surface area contributed by atoms with Crippen LogP contribution in [-0.2, 0) is 26.5 Å². The van der Waals surface area contributed by atoms with E-state index >= 15 is 0 Å². The topological polar surface area (TPSA) is 35.2 Å². The third-order valence-electron chi connectivity index (χ3n) is 13.1. The van der Waals surface area contributed by atoms with Crippen LogP contribution in [0.25, 0.3) is 82.1 Å². The van der Waals surface area contributed by atoms with Crippen molar-refractivity contribution in [1.82, 2.24) is 14.1 Å². The minimum absolute atomic E-state index is 0. The van der Waals surface area contributed by atoms with E-state index in [0.29, 0.717) is 17.5 Å². The fraction of sp³-hybridized carbons (Fsp3) is 0.115. The van der Waals surface area contributed by atoms with Gasteiger partial charge in [-0.1, -0.05) is 167 Å². The number of hydrogen-bond donors (Lipinski definition) is 0. The van der Waals surface area contributed by atoms with Crippen LogP contribution >= 0.6 is 0 Å². The molecule has 1 aliphatic heterocycles. The fourth-order valence-corrected chi connectivity index (χ4v) is 9.79. The number of rotatable bonds is 6. The zero-order valence-electron chi connectivity index (χ0n) is 39.8. The molecule has 0 bridgehead atoms. The van der Waals surface area contributed by atoms with Crippen molar-refractivity contribution in [2.75, 3.05) is 4.90 Å². The summed E-state index contributed by atoms with van der Waals surface area (Å²) in [6.45, 7) is 12.6. The van der Waals surface area contributed by atoms with Crippen LogP contribution in [-0.4, -0.2) is 14.1 Å². The van der Waals surface area contributed by atoms with Crippen LogP contribution in [0.1, 0.15) is 54.4 Å². The zero-order chi connectivity index (χ0) is 46.5. The molecule has 4 heterocycles.